The smallest absolute Gasteiger partial charge is 0.319 e. The largest absolute Gasteiger partial charge is 0.534 e. The Morgan fingerprint density at radius 1 is 0.467 bits per heavy atom. The Kier molecular flexibility index (Phi) is 8.34. The van der Waals surface area contributed by atoms with Crippen molar-refractivity contribution < 1.29 is 8.85 Å². The van der Waals surface area contributed by atoms with Crippen LogP contribution in [0.4, 0.5) is 0 Å². The van der Waals surface area contributed by atoms with Gasteiger partial charge in [0.1, 0.15) is 5.75 Å². The van der Waals surface area contributed by atoms with Crippen molar-refractivity contribution >= 4 is 43.5 Å². The van der Waals surface area contributed by atoms with E-state index in [9.17, 15) is 0 Å². The first kappa shape index (κ1) is 31.0. The maximum atomic E-state index is 7.70. The number of benzene rings is 5. The average Bonchev–Trinajstić information content (AvgIpc) is 3.46. The Balaban J connectivity index is 1.54. The first-order chi connectivity index (χ1) is 21.6. The molecule has 4 heteroatoms. The van der Waals surface area contributed by atoms with Crippen LogP contribution in [0.3, 0.4) is 0 Å². The molecule has 1 atom stereocenters. The van der Waals surface area contributed by atoms with Gasteiger partial charge in [-0.15, -0.1) is 0 Å². The molecule has 45 heavy (non-hydrogen) atoms. The number of fused-ring (bicyclic) bond motifs is 1. The summed E-state index contributed by atoms with van der Waals surface area (Å²) in [6, 6.07) is 50.0. The fourth-order valence-electron chi connectivity index (χ4n) is 7.18. The molecule has 2 nitrogen and oxygen atoms in total. The lowest BCUT2D eigenvalue weighted by atomic mass is 10.1. The lowest BCUT2D eigenvalue weighted by Gasteiger charge is -2.45. The van der Waals surface area contributed by atoms with Crippen LogP contribution in [0, 0.1) is 0 Å². The number of hydrogen-bond acceptors (Lipinski definition) is 2. The van der Waals surface area contributed by atoms with Crippen molar-refractivity contribution in [2.24, 2.45) is 0 Å². The summed E-state index contributed by atoms with van der Waals surface area (Å²) in [6.45, 7) is 14.0. The predicted octanol–water partition coefficient (Wildman–Crippen LogP) is 8.27. The van der Waals surface area contributed by atoms with Crippen molar-refractivity contribution in [2.45, 2.75) is 57.7 Å². The summed E-state index contributed by atoms with van der Waals surface area (Å²) < 4.78 is 15.4. The van der Waals surface area contributed by atoms with Gasteiger partial charge in [0.05, 0.1) is 6.10 Å². The third kappa shape index (κ3) is 5.46. The molecule has 0 amide bonds. The van der Waals surface area contributed by atoms with Gasteiger partial charge in [0, 0.05) is 5.56 Å². The summed E-state index contributed by atoms with van der Waals surface area (Å²) in [5.41, 5.74) is 2.28. The van der Waals surface area contributed by atoms with E-state index in [1.54, 1.807) is 0 Å². The minimum Gasteiger partial charge on any atom is -0.534 e. The van der Waals surface area contributed by atoms with Gasteiger partial charge < -0.3 is 8.85 Å². The zero-order chi connectivity index (χ0) is 31.7. The van der Waals surface area contributed by atoms with Crippen LogP contribution in [0.2, 0.25) is 10.1 Å². The lowest BCUT2D eigenvalue weighted by Crippen LogP contribution is -2.69. The fraction of sp³-hybridized carbons (Fsp3) is 0.220. The molecule has 1 unspecified atom stereocenters. The van der Waals surface area contributed by atoms with E-state index in [0.29, 0.717) is 0 Å². The first-order valence-corrected chi connectivity index (χ1v) is 19.8. The monoisotopic (exact) mass is 624 g/mol. The normalized spacial score (nSPS) is 15.1. The van der Waals surface area contributed by atoms with Crippen molar-refractivity contribution in [2.75, 3.05) is 0 Å². The van der Waals surface area contributed by atoms with Crippen molar-refractivity contribution in [3.8, 4) is 5.75 Å². The summed E-state index contributed by atoms with van der Waals surface area (Å²) in [4.78, 5) is 0. The fourth-order valence-corrected chi connectivity index (χ4v) is 16.2. The number of rotatable bonds is 8. The molecule has 0 N–H and O–H groups in total. The van der Waals surface area contributed by atoms with Gasteiger partial charge in [0.25, 0.3) is 8.32 Å². The molecule has 0 fully saturated rings. The van der Waals surface area contributed by atoms with Crippen LogP contribution < -0.4 is 25.2 Å². The zero-order valence-electron chi connectivity index (χ0n) is 27.3. The van der Waals surface area contributed by atoms with Crippen molar-refractivity contribution in [3.05, 3.63) is 157 Å². The second kappa shape index (κ2) is 12.1. The summed E-state index contributed by atoms with van der Waals surface area (Å²) in [5.74, 6) is 0.912. The van der Waals surface area contributed by atoms with E-state index >= 15 is 0 Å². The van der Waals surface area contributed by atoms with E-state index < -0.39 is 16.6 Å². The van der Waals surface area contributed by atoms with E-state index in [0.717, 1.165) is 16.9 Å². The van der Waals surface area contributed by atoms with Crippen molar-refractivity contribution in [1.29, 1.82) is 0 Å². The molecular formula is C41H44O2Si2. The van der Waals surface area contributed by atoms with Gasteiger partial charge in [0.2, 0.25) is 0 Å². The molecule has 5 aromatic rings. The highest BCUT2D eigenvalue weighted by molar-refractivity contribution is 7.00. The Labute approximate surface area is 271 Å². The molecule has 0 saturated carbocycles. The summed E-state index contributed by atoms with van der Waals surface area (Å²) >= 11 is 0. The van der Waals surface area contributed by atoms with Crippen LogP contribution in [-0.2, 0) is 4.43 Å². The van der Waals surface area contributed by atoms with Crippen LogP contribution in [0.15, 0.2) is 146 Å². The van der Waals surface area contributed by atoms with E-state index in [4.69, 9.17) is 8.85 Å². The molecule has 0 spiro atoms. The van der Waals surface area contributed by atoms with E-state index in [-0.39, 0.29) is 16.2 Å². The van der Waals surface area contributed by atoms with Crippen LogP contribution >= 0.6 is 0 Å². The highest BCUT2D eigenvalue weighted by atomic mass is 28.4. The maximum Gasteiger partial charge on any atom is 0.319 e. The number of hydrogen-bond donors (Lipinski definition) is 0. The SMILES string of the molecule is CC(C)(C)[Si](Oc1cccc2c1C(O[Si](c1ccccc1)(c1ccccc1)C(C)(C)C)C=C2)(c1ccccc1)c1ccccc1. The standard InChI is InChI=1S/C41H44O2Si2/c1-40(2,3)44(33-21-11-7-12-22-33,34-23-13-8-14-24-34)42-37-29-19-20-32-30-31-38(39(32)37)43-45(41(4,5)6,35-25-15-9-16-26-35)36-27-17-10-18-28-36/h7-31,38H,1-6H3. The van der Waals surface area contributed by atoms with Crippen LogP contribution in [0.1, 0.15) is 58.8 Å². The van der Waals surface area contributed by atoms with E-state index in [1.165, 1.54) is 20.7 Å². The molecule has 0 aliphatic heterocycles. The quantitative estimate of drug-likeness (QED) is 0.162. The van der Waals surface area contributed by atoms with Gasteiger partial charge in [-0.25, -0.2) is 0 Å². The molecule has 1 aliphatic carbocycles. The molecule has 0 bridgehead atoms. The Morgan fingerprint density at radius 2 is 0.867 bits per heavy atom. The molecule has 5 aromatic carbocycles. The minimum absolute atomic E-state index is 0.139. The molecule has 0 heterocycles. The van der Waals surface area contributed by atoms with Crippen molar-refractivity contribution in [3.63, 3.8) is 0 Å². The van der Waals surface area contributed by atoms with Crippen LogP contribution in [-0.4, -0.2) is 16.6 Å². The highest BCUT2D eigenvalue weighted by Crippen LogP contribution is 2.47. The topological polar surface area (TPSA) is 18.5 Å². The van der Waals surface area contributed by atoms with Gasteiger partial charge >= 0.3 is 8.32 Å². The first-order valence-electron chi connectivity index (χ1n) is 16.0. The van der Waals surface area contributed by atoms with Crippen molar-refractivity contribution in [1.82, 2.24) is 0 Å². The molecule has 0 aromatic heterocycles. The lowest BCUT2D eigenvalue weighted by molar-refractivity contribution is 0.238. The Hall–Kier alpha value is -3.97. The Bertz CT molecular complexity index is 1670. The summed E-state index contributed by atoms with van der Waals surface area (Å²) in [5, 5.41) is 4.78. The summed E-state index contributed by atoms with van der Waals surface area (Å²) in [7, 11) is -5.68. The Morgan fingerprint density at radius 3 is 1.27 bits per heavy atom. The van der Waals surface area contributed by atoms with Gasteiger partial charge in [-0.2, -0.15) is 0 Å². The predicted molar refractivity (Wildman–Crippen MR) is 195 cm³/mol. The van der Waals surface area contributed by atoms with E-state index in [1.807, 2.05) is 0 Å². The van der Waals surface area contributed by atoms with Gasteiger partial charge in [-0.05, 0) is 42.5 Å². The molecule has 0 radical (unpaired) electrons. The van der Waals surface area contributed by atoms with Gasteiger partial charge in [0.15, 0.2) is 0 Å². The molecule has 0 saturated heterocycles. The van der Waals surface area contributed by atoms with Gasteiger partial charge in [-0.1, -0.05) is 187 Å². The van der Waals surface area contributed by atoms with E-state index in [2.05, 4.69) is 193 Å². The molecular weight excluding hydrogens is 581 g/mol. The highest BCUT2D eigenvalue weighted by Gasteiger charge is 2.54. The zero-order valence-corrected chi connectivity index (χ0v) is 29.3. The average molecular weight is 625 g/mol. The third-order valence-corrected chi connectivity index (χ3v) is 19.2. The maximum absolute atomic E-state index is 7.70. The third-order valence-electron chi connectivity index (χ3n) is 9.24. The van der Waals surface area contributed by atoms with Crippen LogP contribution in [0.5, 0.6) is 5.75 Å². The second-order valence-corrected chi connectivity index (χ2v) is 22.6. The van der Waals surface area contributed by atoms with Gasteiger partial charge in [-0.3, -0.25) is 0 Å². The molecule has 6 rings (SSSR count). The molecule has 1 aliphatic rings. The molecule has 228 valence electrons. The summed E-state index contributed by atoms with van der Waals surface area (Å²) in [6.07, 6.45) is 4.21. The second-order valence-electron chi connectivity index (χ2n) is 14.1. The van der Waals surface area contributed by atoms with Crippen LogP contribution in [0.25, 0.3) is 6.08 Å². The minimum atomic E-state index is -2.86.